The average molecular weight is 317 g/mol. The van der Waals surface area contributed by atoms with Crippen molar-refractivity contribution in [2.24, 2.45) is 0 Å². The number of carbonyl (C=O) groups is 2. The molecule has 0 atom stereocenters. The first-order chi connectivity index (χ1) is 11.1. The topological polar surface area (TPSA) is 52.7 Å². The molecule has 0 bridgehead atoms. The monoisotopic (exact) mass is 317 g/mol. The normalized spacial score (nSPS) is 14.6. The van der Waals surface area contributed by atoms with E-state index in [0.29, 0.717) is 18.5 Å². The largest absolute Gasteiger partial charge is 0.351 e. The molecule has 0 aliphatic carbocycles. The number of rotatable bonds is 8. The van der Waals surface area contributed by atoms with Gasteiger partial charge in [-0.15, -0.1) is 0 Å². The number of likely N-dealkylation sites (N-methyl/N-ethyl adjacent to an activating group) is 1. The molecule has 2 rings (SSSR count). The number of hydrogen-bond acceptors (Lipinski definition) is 3. The molecule has 0 aromatic heterocycles. The number of nitrogens with one attached hydrogen (secondary N) is 1. The van der Waals surface area contributed by atoms with E-state index < -0.39 is 0 Å². The Hall–Kier alpha value is -1.88. The Labute approximate surface area is 138 Å². The van der Waals surface area contributed by atoms with Crippen LogP contribution in [0.1, 0.15) is 43.0 Å². The number of carbonyl (C=O) groups excluding carboxylic acids is 2. The molecule has 5 heteroatoms. The lowest BCUT2D eigenvalue weighted by Gasteiger charge is -2.17. The Balaban J connectivity index is 1.80. The summed E-state index contributed by atoms with van der Waals surface area (Å²) < 4.78 is 0. The van der Waals surface area contributed by atoms with E-state index >= 15 is 0 Å². The van der Waals surface area contributed by atoms with Crippen molar-refractivity contribution in [1.82, 2.24) is 10.2 Å². The molecular formula is C18H27N3O2. The first-order valence-electron chi connectivity index (χ1n) is 8.49. The maximum Gasteiger partial charge on any atom is 0.251 e. The third-order valence-electron chi connectivity index (χ3n) is 4.19. The van der Waals surface area contributed by atoms with Crippen LogP contribution in [0.4, 0.5) is 5.69 Å². The van der Waals surface area contributed by atoms with E-state index in [9.17, 15) is 9.59 Å². The molecule has 1 aromatic carbocycles. The summed E-state index contributed by atoms with van der Waals surface area (Å²) in [6.07, 6.45) is 3.89. The number of anilines is 1. The van der Waals surface area contributed by atoms with Crippen molar-refractivity contribution in [2.75, 3.05) is 38.1 Å². The highest BCUT2D eigenvalue weighted by Crippen LogP contribution is 2.21. The highest BCUT2D eigenvalue weighted by atomic mass is 16.2. The van der Waals surface area contributed by atoms with E-state index in [1.807, 2.05) is 12.1 Å². The summed E-state index contributed by atoms with van der Waals surface area (Å²) in [6.45, 7) is 5.51. The van der Waals surface area contributed by atoms with E-state index in [4.69, 9.17) is 0 Å². The SMILES string of the molecule is CCCCN(C)CCNC(=O)c1ccc(N2CCCC2=O)cc1. The summed E-state index contributed by atoms with van der Waals surface area (Å²) in [5.74, 6) is 0.102. The summed E-state index contributed by atoms with van der Waals surface area (Å²) in [4.78, 5) is 27.9. The quantitative estimate of drug-likeness (QED) is 0.800. The predicted octanol–water partition coefficient (Wildman–Crippen LogP) is 2.28. The van der Waals surface area contributed by atoms with Crippen LogP contribution >= 0.6 is 0 Å². The lowest BCUT2D eigenvalue weighted by molar-refractivity contribution is -0.117. The summed E-state index contributed by atoms with van der Waals surface area (Å²) in [5.41, 5.74) is 1.51. The first kappa shape index (κ1) is 17.5. The molecule has 0 saturated carbocycles. The van der Waals surface area contributed by atoms with E-state index in [1.54, 1.807) is 17.0 Å². The third kappa shape index (κ3) is 5.06. The van der Waals surface area contributed by atoms with E-state index in [-0.39, 0.29) is 11.8 Å². The summed E-state index contributed by atoms with van der Waals surface area (Å²) in [6, 6.07) is 7.28. The second-order valence-electron chi connectivity index (χ2n) is 6.11. The number of hydrogen-bond donors (Lipinski definition) is 1. The molecule has 126 valence electrons. The maximum atomic E-state index is 12.1. The second-order valence-corrected chi connectivity index (χ2v) is 6.11. The van der Waals surface area contributed by atoms with Gasteiger partial charge in [0.05, 0.1) is 0 Å². The zero-order valence-corrected chi connectivity index (χ0v) is 14.2. The molecule has 1 N–H and O–H groups in total. The molecule has 2 amide bonds. The highest BCUT2D eigenvalue weighted by Gasteiger charge is 2.21. The Bertz CT molecular complexity index is 528. The van der Waals surface area contributed by atoms with Gasteiger partial charge in [-0.3, -0.25) is 9.59 Å². The summed E-state index contributed by atoms with van der Waals surface area (Å²) in [7, 11) is 2.07. The van der Waals surface area contributed by atoms with Gasteiger partial charge in [-0.1, -0.05) is 13.3 Å². The van der Waals surface area contributed by atoms with Gasteiger partial charge in [-0.2, -0.15) is 0 Å². The third-order valence-corrected chi connectivity index (χ3v) is 4.19. The van der Waals surface area contributed by atoms with Gasteiger partial charge >= 0.3 is 0 Å². The van der Waals surface area contributed by atoms with Crippen molar-refractivity contribution in [1.29, 1.82) is 0 Å². The van der Waals surface area contributed by atoms with Crippen LogP contribution in [0.15, 0.2) is 24.3 Å². The first-order valence-corrected chi connectivity index (χ1v) is 8.49. The zero-order valence-electron chi connectivity index (χ0n) is 14.2. The molecule has 0 unspecified atom stereocenters. The van der Waals surface area contributed by atoms with Gasteiger partial charge in [0.25, 0.3) is 5.91 Å². The zero-order chi connectivity index (χ0) is 16.7. The fraction of sp³-hybridized carbons (Fsp3) is 0.556. The standard InChI is InChI=1S/C18H27N3O2/c1-3-4-12-20(2)14-11-19-18(23)15-7-9-16(10-8-15)21-13-5-6-17(21)22/h7-10H,3-6,11-14H2,1-2H3,(H,19,23). The minimum absolute atomic E-state index is 0.0619. The van der Waals surface area contributed by atoms with Gasteiger partial charge < -0.3 is 15.1 Å². The lowest BCUT2D eigenvalue weighted by atomic mass is 10.2. The van der Waals surface area contributed by atoms with E-state index in [1.165, 1.54) is 12.8 Å². The fourth-order valence-electron chi connectivity index (χ4n) is 2.72. The van der Waals surface area contributed by atoms with Gasteiger partial charge in [0.2, 0.25) is 5.91 Å². The van der Waals surface area contributed by atoms with Crippen molar-refractivity contribution in [3.8, 4) is 0 Å². The van der Waals surface area contributed by atoms with Crippen LogP contribution < -0.4 is 10.2 Å². The number of benzene rings is 1. The molecule has 1 aliphatic rings. The molecule has 1 saturated heterocycles. The lowest BCUT2D eigenvalue weighted by Crippen LogP contribution is -2.33. The molecule has 0 spiro atoms. The molecule has 23 heavy (non-hydrogen) atoms. The number of amides is 2. The molecule has 1 heterocycles. The Kier molecular flexibility index (Phi) is 6.59. The van der Waals surface area contributed by atoms with E-state index in [2.05, 4.69) is 24.2 Å². The Morgan fingerprint density at radius 1 is 1.26 bits per heavy atom. The van der Waals surface area contributed by atoms with Crippen molar-refractivity contribution in [3.05, 3.63) is 29.8 Å². The maximum absolute atomic E-state index is 12.1. The Morgan fingerprint density at radius 3 is 2.61 bits per heavy atom. The van der Waals surface area contributed by atoms with Crippen LogP contribution in [0.2, 0.25) is 0 Å². The van der Waals surface area contributed by atoms with Crippen LogP contribution in [-0.2, 0) is 4.79 Å². The average Bonchev–Trinajstić information content (AvgIpc) is 2.99. The van der Waals surface area contributed by atoms with Crippen LogP contribution in [-0.4, -0.2) is 49.9 Å². The van der Waals surface area contributed by atoms with Gasteiger partial charge in [0, 0.05) is 37.3 Å². The number of nitrogens with zero attached hydrogens (tertiary/aromatic N) is 2. The summed E-state index contributed by atoms with van der Waals surface area (Å²) >= 11 is 0. The molecule has 1 fully saturated rings. The molecule has 5 nitrogen and oxygen atoms in total. The molecular weight excluding hydrogens is 290 g/mol. The minimum atomic E-state index is -0.0619. The molecule has 1 aliphatic heterocycles. The van der Waals surface area contributed by atoms with Crippen LogP contribution in [0.25, 0.3) is 0 Å². The number of unbranched alkanes of at least 4 members (excludes halogenated alkanes) is 1. The van der Waals surface area contributed by atoms with Gasteiger partial charge in [0.1, 0.15) is 0 Å². The van der Waals surface area contributed by atoms with Crippen molar-refractivity contribution in [2.45, 2.75) is 32.6 Å². The van der Waals surface area contributed by atoms with Crippen LogP contribution in [0.3, 0.4) is 0 Å². The molecule has 0 radical (unpaired) electrons. The van der Waals surface area contributed by atoms with Crippen molar-refractivity contribution in [3.63, 3.8) is 0 Å². The highest BCUT2D eigenvalue weighted by molar-refractivity contribution is 5.97. The molecule has 1 aromatic rings. The fourth-order valence-corrected chi connectivity index (χ4v) is 2.72. The second kappa shape index (κ2) is 8.67. The van der Waals surface area contributed by atoms with Crippen LogP contribution in [0, 0.1) is 0 Å². The Morgan fingerprint density at radius 2 is 2.00 bits per heavy atom. The van der Waals surface area contributed by atoms with E-state index in [0.717, 1.165) is 31.7 Å². The minimum Gasteiger partial charge on any atom is -0.351 e. The summed E-state index contributed by atoms with van der Waals surface area (Å²) in [5, 5.41) is 2.94. The van der Waals surface area contributed by atoms with Crippen molar-refractivity contribution < 1.29 is 9.59 Å². The van der Waals surface area contributed by atoms with Gasteiger partial charge in [0.15, 0.2) is 0 Å². The van der Waals surface area contributed by atoms with Gasteiger partial charge in [-0.05, 0) is 50.7 Å². The van der Waals surface area contributed by atoms with Gasteiger partial charge in [-0.25, -0.2) is 0 Å². The smallest absolute Gasteiger partial charge is 0.251 e. The predicted molar refractivity (Wildman–Crippen MR) is 92.8 cm³/mol. The van der Waals surface area contributed by atoms with Crippen LogP contribution in [0.5, 0.6) is 0 Å². The van der Waals surface area contributed by atoms with Crippen molar-refractivity contribution >= 4 is 17.5 Å².